The molecule has 0 saturated carbocycles. The standard InChI is InChI=1S/C22H18N4O3S2/c1-2-11-24-21(27)19(31-22(24)30)13-16-14-25(17-8-4-3-5-9-17)23-20(16)15-7-6-10-18(12-15)26(28)29/h3-10,12-14H,2,11H2,1H3/b19-13+. The fourth-order valence-electron chi connectivity index (χ4n) is 3.25. The lowest BCUT2D eigenvalue weighted by Crippen LogP contribution is -2.28. The van der Waals surface area contributed by atoms with Gasteiger partial charge in [0.2, 0.25) is 0 Å². The van der Waals surface area contributed by atoms with Crippen LogP contribution in [-0.2, 0) is 4.79 Å². The molecule has 1 amide bonds. The first kappa shape index (κ1) is 21.0. The average Bonchev–Trinajstić information content (AvgIpc) is 3.31. The van der Waals surface area contributed by atoms with Gasteiger partial charge in [0.1, 0.15) is 10.0 Å². The lowest BCUT2D eigenvalue weighted by atomic mass is 10.1. The second-order valence-electron chi connectivity index (χ2n) is 6.85. The van der Waals surface area contributed by atoms with Gasteiger partial charge in [-0.3, -0.25) is 19.8 Å². The van der Waals surface area contributed by atoms with E-state index in [1.807, 2.05) is 43.5 Å². The minimum atomic E-state index is -0.437. The van der Waals surface area contributed by atoms with Crippen LogP contribution in [-0.4, -0.2) is 36.4 Å². The quantitative estimate of drug-likeness (QED) is 0.226. The molecule has 0 atom stereocenters. The van der Waals surface area contributed by atoms with Crippen LogP contribution >= 0.6 is 24.0 Å². The van der Waals surface area contributed by atoms with Crippen LogP contribution in [0.2, 0.25) is 0 Å². The molecule has 4 rings (SSSR count). The lowest BCUT2D eigenvalue weighted by molar-refractivity contribution is -0.384. The average molecular weight is 451 g/mol. The van der Waals surface area contributed by atoms with E-state index < -0.39 is 4.92 Å². The highest BCUT2D eigenvalue weighted by Crippen LogP contribution is 2.35. The van der Waals surface area contributed by atoms with Crippen LogP contribution in [0.15, 0.2) is 65.7 Å². The van der Waals surface area contributed by atoms with Gasteiger partial charge in [0.15, 0.2) is 0 Å². The molecular weight excluding hydrogens is 432 g/mol. The third-order valence-electron chi connectivity index (χ3n) is 4.70. The summed E-state index contributed by atoms with van der Waals surface area (Å²) in [7, 11) is 0. The molecular formula is C22H18N4O3S2. The van der Waals surface area contributed by atoms with Crippen molar-refractivity contribution in [2.75, 3.05) is 6.54 Å². The first-order chi connectivity index (χ1) is 15.0. The summed E-state index contributed by atoms with van der Waals surface area (Å²) in [6.07, 6.45) is 4.38. The smallest absolute Gasteiger partial charge is 0.270 e. The molecule has 9 heteroatoms. The van der Waals surface area contributed by atoms with Crippen LogP contribution in [0.4, 0.5) is 5.69 Å². The number of nitro groups is 1. The zero-order valence-corrected chi connectivity index (χ0v) is 18.2. The van der Waals surface area contributed by atoms with Gasteiger partial charge in [-0.25, -0.2) is 4.68 Å². The van der Waals surface area contributed by atoms with E-state index in [2.05, 4.69) is 5.10 Å². The number of thiocarbonyl (C=S) groups is 1. The topological polar surface area (TPSA) is 81.3 Å². The Labute approximate surface area is 188 Å². The van der Waals surface area contributed by atoms with Gasteiger partial charge in [0.05, 0.1) is 15.5 Å². The van der Waals surface area contributed by atoms with E-state index in [9.17, 15) is 14.9 Å². The zero-order valence-electron chi connectivity index (χ0n) is 16.6. The zero-order chi connectivity index (χ0) is 22.0. The Kier molecular flexibility index (Phi) is 5.97. The molecule has 2 aromatic carbocycles. The number of nitrogens with zero attached hydrogens (tertiary/aromatic N) is 4. The number of nitro benzene ring substituents is 1. The van der Waals surface area contributed by atoms with Crippen LogP contribution in [0.5, 0.6) is 0 Å². The van der Waals surface area contributed by atoms with Crippen molar-refractivity contribution in [1.82, 2.24) is 14.7 Å². The Hall–Kier alpha value is -3.30. The van der Waals surface area contributed by atoms with E-state index in [-0.39, 0.29) is 11.6 Å². The van der Waals surface area contributed by atoms with Gasteiger partial charge >= 0.3 is 0 Å². The van der Waals surface area contributed by atoms with Crippen LogP contribution < -0.4 is 0 Å². The van der Waals surface area contributed by atoms with E-state index in [0.29, 0.717) is 32.6 Å². The summed E-state index contributed by atoms with van der Waals surface area (Å²) in [5.74, 6) is -0.130. The number of benzene rings is 2. The molecule has 156 valence electrons. The molecule has 0 N–H and O–H groups in total. The molecule has 1 saturated heterocycles. The van der Waals surface area contributed by atoms with Gasteiger partial charge in [-0.1, -0.05) is 61.2 Å². The molecule has 1 aliphatic heterocycles. The van der Waals surface area contributed by atoms with Gasteiger partial charge in [0, 0.05) is 36.0 Å². The predicted molar refractivity (Wildman–Crippen MR) is 126 cm³/mol. The van der Waals surface area contributed by atoms with Crippen LogP contribution in [0.1, 0.15) is 18.9 Å². The van der Waals surface area contributed by atoms with Crippen molar-refractivity contribution < 1.29 is 9.72 Å². The lowest BCUT2D eigenvalue weighted by Gasteiger charge is -2.11. The summed E-state index contributed by atoms with van der Waals surface area (Å²) < 4.78 is 2.23. The molecule has 0 radical (unpaired) electrons. The van der Waals surface area contributed by atoms with E-state index in [1.165, 1.54) is 23.9 Å². The van der Waals surface area contributed by atoms with Gasteiger partial charge in [-0.15, -0.1) is 0 Å². The van der Waals surface area contributed by atoms with Crippen LogP contribution in [0.25, 0.3) is 23.0 Å². The highest BCUT2D eigenvalue weighted by molar-refractivity contribution is 8.26. The number of non-ortho nitro benzene ring substituents is 1. The number of carbonyl (C=O) groups is 1. The summed E-state index contributed by atoms with van der Waals surface area (Å²) in [6, 6.07) is 15.9. The molecule has 1 aliphatic rings. The number of hydrogen-bond donors (Lipinski definition) is 0. The van der Waals surface area contributed by atoms with Crippen LogP contribution in [0, 0.1) is 10.1 Å². The first-order valence-corrected chi connectivity index (χ1v) is 10.9. The highest BCUT2D eigenvalue weighted by Gasteiger charge is 2.31. The molecule has 2 heterocycles. The first-order valence-electron chi connectivity index (χ1n) is 9.63. The van der Waals surface area contributed by atoms with E-state index in [0.717, 1.165) is 12.1 Å². The molecule has 0 aliphatic carbocycles. The monoisotopic (exact) mass is 450 g/mol. The number of para-hydroxylation sites is 1. The molecule has 7 nitrogen and oxygen atoms in total. The minimum absolute atomic E-state index is 0.0213. The molecule has 1 fully saturated rings. The van der Waals surface area contributed by atoms with Gasteiger partial charge < -0.3 is 0 Å². The predicted octanol–water partition coefficient (Wildman–Crippen LogP) is 5.06. The molecule has 31 heavy (non-hydrogen) atoms. The maximum Gasteiger partial charge on any atom is 0.270 e. The number of hydrogen-bond acceptors (Lipinski definition) is 6. The maximum atomic E-state index is 12.8. The van der Waals surface area contributed by atoms with Crippen molar-refractivity contribution >= 4 is 46.0 Å². The minimum Gasteiger partial charge on any atom is -0.293 e. The number of aromatic nitrogens is 2. The summed E-state index contributed by atoms with van der Waals surface area (Å²) in [5, 5.41) is 15.9. The summed E-state index contributed by atoms with van der Waals surface area (Å²) >= 11 is 6.62. The van der Waals surface area contributed by atoms with Crippen LogP contribution in [0.3, 0.4) is 0 Å². The van der Waals surface area contributed by atoms with E-state index in [4.69, 9.17) is 12.2 Å². The fourth-order valence-corrected chi connectivity index (χ4v) is 4.55. The van der Waals surface area contributed by atoms with Crippen molar-refractivity contribution in [3.8, 4) is 16.9 Å². The highest BCUT2D eigenvalue weighted by atomic mass is 32.2. The third kappa shape index (κ3) is 4.28. The fraction of sp³-hybridized carbons (Fsp3) is 0.136. The number of thioether (sulfide) groups is 1. The molecule has 0 unspecified atom stereocenters. The van der Waals surface area contributed by atoms with Crippen molar-refractivity contribution in [2.24, 2.45) is 0 Å². The normalized spacial score (nSPS) is 15.1. The summed E-state index contributed by atoms with van der Waals surface area (Å²) in [6.45, 7) is 2.57. The van der Waals surface area contributed by atoms with E-state index in [1.54, 1.807) is 27.8 Å². The van der Waals surface area contributed by atoms with Crippen molar-refractivity contribution in [3.63, 3.8) is 0 Å². The van der Waals surface area contributed by atoms with Gasteiger partial charge in [-0.05, 0) is 24.6 Å². The Morgan fingerprint density at radius 2 is 1.97 bits per heavy atom. The Morgan fingerprint density at radius 3 is 2.68 bits per heavy atom. The Bertz CT molecular complexity index is 1200. The van der Waals surface area contributed by atoms with E-state index >= 15 is 0 Å². The second kappa shape index (κ2) is 8.83. The van der Waals surface area contributed by atoms with Crippen molar-refractivity contribution in [3.05, 3.63) is 81.4 Å². The molecule has 3 aromatic rings. The third-order valence-corrected chi connectivity index (χ3v) is 6.08. The maximum absolute atomic E-state index is 12.8. The second-order valence-corrected chi connectivity index (χ2v) is 8.53. The molecule has 0 spiro atoms. The number of carbonyl (C=O) groups excluding carboxylic acids is 1. The largest absolute Gasteiger partial charge is 0.293 e. The number of rotatable bonds is 6. The van der Waals surface area contributed by atoms with Crippen molar-refractivity contribution in [1.29, 1.82) is 0 Å². The number of amides is 1. The van der Waals surface area contributed by atoms with Gasteiger partial charge in [0.25, 0.3) is 11.6 Å². The Morgan fingerprint density at radius 1 is 1.19 bits per heavy atom. The summed E-state index contributed by atoms with van der Waals surface area (Å²) in [5.41, 5.74) is 2.65. The SMILES string of the molecule is CCCN1C(=O)/C(=C\c2cn(-c3ccccc3)nc2-c2cccc([N+](=O)[O-])c2)SC1=S. The van der Waals surface area contributed by atoms with Crippen molar-refractivity contribution in [2.45, 2.75) is 13.3 Å². The molecule has 0 bridgehead atoms. The van der Waals surface area contributed by atoms with Gasteiger partial charge in [-0.2, -0.15) is 5.10 Å². The summed E-state index contributed by atoms with van der Waals surface area (Å²) in [4.78, 5) is 25.7. The molecule has 1 aromatic heterocycles. The Balaban J connectivity index is 1.82.